The predicted octanol–water partition coefficient (Wildman–Crippen LogP) is 5.14. The molecule has 142 valence electrons. The summed E-state index contributed by atoms with van der Waals surface area (Å²) in [7, 11) is 0. The summed E-state index contributed by atoms with van der Waals surface area (Å²) < 4.78 is 2.80. The van der Waals surface area contributed by atoms with Crippen LogP contribution in [0.3, 0.4) is 0 Å². The van der Waals surface area contributed by atoms with E-state index < -0.39 is 0 Å². The SMILES string of the molecule is CCC[C@H](c1nc2ccc(Br)cc2c(=O)n1CC)N1CCCC(C)(C)C1. The van der Waals surface area contributed by atoms with E-state index >= 15 is 0 Å². The summed E-state index contributed by atoms with van der Waals surface area (Å²) in [6.45, 7) is 11.8. The van der Waals surface area contributed by atoms with E-state index in [-0.39, 0.29) is 11.6 Å². The smallest absolute Gasteiger partial charge is 0.261 e. The summed E-state index contributed by atoms with van der Waals surface area (Å²) in [5.41, 5.74) is 1.20. The van der Waals surface area contributed by atoms with Crippen LogP contribution < -0.4 is 5.56 Å². The fourth-order valence-electron chi connectivity index (χ4n) is 4.25. The second kappa shape index (κ2) is 7.81. The van der Waals surface area contributed by atoms with E-state index in [1.165, 1.54) is 12.8 Å². The van der Waals surface area contributed by atoms with Crippen LogP contribution in [0.5, 0.6) is 0 Å². The van der Waals surface area contributed by atoms with Crippen LogP contribution >= 0.6 is 15.9 Å². The van der Waals surface area contributed by atoms with Crippen molar-refractivity contribution in [3.63, 3.8) is 0 Å². The molecule has 1 saturated heterocycles. The number of fused-ring (bicyclic) bond motifs is 1. The van der Waals surface area contributed by atoms with Crippen LogP contribution in [0.1, 0.15) is 65.2 Å². The number of hydrogen-bond donors (Lipinski definition) is 0. The highest BCUT2D eigenvalue weighted by Gasteiger charge is 2.33. The molecule has 2 heterocycles. The summed E-state index contributed by atoms with van der Waals surface area (Å²) >= 11 is 3.48. The summed E-state index contributed by atoms with van der Waals surface area (Å²) in [4.78, 5) is 20.7. The second-order valence-corrected chi connectivity index (χ2v) is 9.14. The summed E-state index contributed by atoms with van der Waals surface area (Å²) in [5.74, 6) is 0.937. The fraction of sp³-hybridized carbons (Fsp3) is 0.619. The van der Waals surface area contributed by atoms with E-state index in [4.69, 9.17) is 4.98 Å². The molecule has 26 heavy (non-hydrogen) atoms. The van der Waals surface area contributed by atoms with Gasteiger partial charge in [0.2, 0.25) is 0 Å². The number of hydrogen-bond acceptors (Lipinski definition) is 3. The molecule has 0 aliphatic carbocycles. The lowest BCUT2D eigenvalue weighted by molar-refractivity contribution is 0.0679. The summed E-state index contributed by atoms with van der Waals surface area (Å²) in [5, 5.41) is 0.694. The van der Waals surface area contributed by atoms with Gasteiger partial charge in [0.25, 0.3) is 5.56 Å². The highest BCUT2D eigenvalue weighted by atomic mass is 79.9. The van der Waals surface area contributed by atoms with Gasteiger partial charge >= 0.3 is 0 Å². The van der Waals surface area contributed by atoms with E-state index in [0.717, 1.165) is 41.7 Å². The fourth-order valence-corrected chi connectivity index (χ4v) is 4.61. The van der Waals surface area contributed by atoms with Crippen LogP contribution in [0.2, 0.25) is 0 Å². The Bertz CT molecular complexity index is 843. The minimum Gasteiger partial charge on any atom is -0.295 e. The largest absolute Gasteiger partial charge is 0.295 e. The summed E-state index contributed by atoms with van der Waals surface area (Å²) in [6, 6.07) is 6.01. The molecule has 1 atom stereocenters. The van der Waals surface area contributed by atoms with Crippen LogP contribution in [-0.4, -0.2) is 27.5 Å². The van der Waals surface area contributed by atoms with Crippen molar-refractivity contribution >= 4 is 26.8 Å². The zero-order chi connectivity index (χ0) is 18.9. The molecule has 5 heteroatoms. The Morgan fingerprint density at radius 3 is 2.73 bits per heavy atom. The van der Waals surface area contributed by atoms with Crippen LogP contribution in [0, 0.1) is 5.41 Å². The third kappa shape index (κ3) is 3.89. The lowest BCUT2D eigenvalue weighted by Gasteiger charge is -2.42. The number of rotatable bonds is 5. The normalized spacial score (nSPS) is 19.0. The first-order valence-electron chi connectivity index (χ1n) is 9.80. The molecule has 0 spiro atoms. The van der Waals surface area contributed by atoms with Crippen molar-refractivity contribution in [1.82, 2.24) is 14.5 Å². The van der Waals surface area contributed by atoms with Crippen molar-refractivity contribution in [3.8, 4) is 0 Å². The molecule has 4 nitrogen and oxygen atoms in total. The summed E-state index contributed by atoms with van der Waals surface area (Å²) in [6.07, 6.45) is 4.59. The molecule has 3 rings (SSSR count). The molecule has 0 radical (unpaired) electrons. The Balaban J connectivity index is 2.13. The topological polar surface area (TPSA) is 38.1 Å². The Morgan fingerprint density at radius 1 is 1.31 bits per heavy atom. The molecule has 0 saturated carbocycles. The maximum atomic E-state index is 13.1. The third-order valence-electron chi connectivity index (χ3n) is 5.49. The van der Waals surface area contributed by atoms with E-state index in [9.17, 15) is 4.79 Å². The first-order valence-corrected chi connectivity index (χ1v) is 10.6. The van der Waals surface area contributed by atoms with E-state index in [2.05, 4.69) is 41.6 Å². The van der Waals surface area contributed by atoms with Crippen molar-refractivity contribution < 1.29 is 0 Å². The zero-order valence-corrected chi connectivity index (χ0v) is 18.0. The molecule has 0 N–H and O–H groups in total. The monoisotopic (exact) mass is 419 g/mol. The molecule has 1 aromatic carbocycles. The van der Waals surface area contributed by atoms with Gasteiger partial charge in [-0.1, -0.05) is 43.1 Å². The number of aromatic nitrogens is 2. The van der Waals surface area contributed by atoms with Crippen molar-refractivity contribution in [1.29, 1.82) is 0 Å². The molecule has 0 bridgehead atoms. The van der Waals surface area contributed by atoms with Crippen LogP contribution in [0.25, 0.3) is 10.9 Å². The van der Waals surface area contributed by atoms with Gasteiger partial charge in [0.1, 0.15) is 5.82 Å². The maximum Gasteiger partial charge on any atom is 0.261 e. The van der Waals surface area contributed by atoms with Crippen LogP contribution in [0.4, 0.5) is 0 Å². The molecular formula is C21H30BrN3O. The Morgan fingerprint density at radius 2 is 2.08 bits per heavy atom. The lowest BCUT2D eigenvalue weighted by Crippen LogP contribution is -2.44. The average molecular weight is 420 g/mol. The lowest BCUT2D eigenvalue weighted by atomic mass is 9.83. The van der Waals surface area contributed by atoms with Crippen molar-refractivity contribution in [3.05, 3.63) is 38.9 Å². The first kappa shape index (κ1) is 19.6. The van der Waals surface area contributed by atoms with Gasteiger partial charge in [0.15, 0.2) is 0 Å². The maximum absolute atomic E-state index is 13.1. The number of nitrogens with zero attached hydrogens (tertiary/aromatic N) is 3. The molecular weight excluding hydrogens is 390 g/mol. The van der Waals surface area contributed by atoms with E-state index in [1.807, 2.05) is 29.7 Å². The van der Waals surface area contributed by atoms with Crippen LogP contribution in [0.15, 0.2) is 27.5 Å². The molecule has 1 fully saturated rings. The molecule has 1 aliphatic rings. The Labute approximate surface area is 164 Å². The molecule has 0 amide bonds. The van der Waals surface area contributed by atoms with Gasteiger partial charge in [-0.2, -0.15) is 0 Å². The van der Waals surface area contributed by atoms with E-state index in [0.29, 0.717) is 17.3 Å². The van der Waals surface area contributed by atoms with Gasteiger partial charge in [-0.25, -0.2) is 4.98 Å². The van der Waals surface area contributed by atoms with Crippen molar-refractivity contribution in [2.45, 2.75) is 66.0 Å². The minimum atomic E-state index is 0.0752. The standard InChI is InChI=1S/C21H30BrN3O/c1-5-8-18(24-12-7-11-21(3,4)14-24)19-23-17-10-9-15(22)13-16(17)20(26)25(19)6-2/h9-10,13,18H,5-8,11-12,14H2,1-4H3/t18-/m1/s1. The van der Waals surface area contributed by atoms with Gasteiger partial charge in [0.05, 0.1) is 16.9 Å². The Kier molecular flexibility index (Phi) is 5.88. The van der Waals surface area contributed by atoms with E-state index in [1.54, 1.807) is 0 Å². The molecule has 2 aromatic rings. The Hall–Kier alpha value is -1.20. The minimum absolute atomic E-state index is 0.0752. The molecule has 1 aliphatic heterocycles. The highest BCUT2D eigenvalue weighted by Crippen LogP contribution is 2.35. The molecule has 0 unspecified atom stereocenters. The van der Waals surface area contributed by atoms with Crippen molar-refractivity contribution in [2.24, 2.45) is 5.41 Å². The van der Waals surface area contributed by atoms with Gasteiger partial charge < -0.3 is 0 Å². The quantitative estimate of drug-likeness (QED) is 0.672. The second-order valence-electron chi connectivity index (χ2n) is 8.22. The van der Waals surface area contributed by atoms with Gasteiger partial charge in [-0.15, -0.1) is 0 Å². The number of piperidine rings is 1. The highest BCUT2D eigenvalue weighted by molar-refractivity contribution is 9.10. The first-order chi connectivity index (χ1) is 12.4. The van der Waals surface area contributed by atoms with Crippen LogP contribution in [-0.2, 0) is 6.54 Å². The van der Waals surface area contributed by atoms with Gasteiger partial charge in [-0.3, -0.25) is 14.3 Å². The van der Waals surface area contributed by atoms with Crippen molar-refractivity contribution in [2.75, 3.05) is 13.1 Å². The van der Waals surface area contributed by atoms with Gasteiger partial charge in [0, 0.05) is 17.6 Å². The number of benzene rings is 1. The predicted molar refractivity (Wildman–Crippen MR) is 112 cm³/mol. The number of likely N-dealkylation sites (tertiary alicyclic amines) is 1. The van der Waals surface area contributed by atoms with Gasteiger partial charge in [-0.05, 0) is 56.3 Å². The number of halogens is 1. The zero-order valence-electron chi connectivity index (χ0n) is 16.4. The molecule has 1 aromatic heterocycles. The average Bonchev–Trinajstić information content (AvgIpc) is 2.59. The third-order valence-corrected chi connectivity index (χ3v) is 5.99.